The van der Waals surface area contributed by atoms with Crippen LogP contribution in [0, 0.1) is 0 Å². The fourth-order valence-corrected chi connectivity index (χ4v) is 2.05. The van der Waals surface area contributed by atoms with Crippen molar-refractivity contribution in [1.29, 1.82) is 0 Å². The van der Waals surface area contributed by atoms with E-state index in [1.807, 2.05) is 24.3 Å². The zero-order valence-corrected chi connectivity index (χ0v) is 14.9. The molecule has 0 atom stereocenters. The molecule has 2 aromatic carbocycles. The Morgan fingerprint density at radius 2 is 1.81 bits per heavy atom. The Kier molecular flexibility index (Phi) is 7.38. The Balaban J connectivity index is 1.74. The molecule has 8 heteroatoms. The molecule has 2 aromatic rings. The Labute approximate surface area is 156 Å². The summed E-state index contributed by atoms with van der Waals surface area (Å²) in [5.74, 6) is -0.0263. The van der Waals surface area contributed by atoms with Gasteiger partial charge in [-0.2, -0.15) is 5.10 Å². The third-order valence-corrected chi connectivity index (χ3v) is 3.46. The summed E-state index contributed by atoms with van der Waals surface area (Å²) in [5.41, 5.74) is 4.59. The van der Waals surface area contributed by atoms with Gasteiger partial charge in [-0.05, 0) is 59.7 Å². The zero-order chi connectivity index (χ0) is 18.8. The number of carboxylic acid groups (broad SMARTS) is 1. The molecular formula is C18H18N3O4S-. The Bertz CT molecular complexity index is 761. The maximum atomic E-state index is 10.3. The molecule has 0 aliphatic heterocycles. The first kappa shape index (κ1) is 19.2. The van der Waals surface area contributed by atoms with Crippen LogP contribution in [0.2, 0.25) is 0 Å². The van der Waals surface area contributed by atoms with Gasteiger partial charge in [-0.1, -0.05) is 12.1 Å². The van der Waals surface area contributed by atoms with E-state index < -0.39 is 12.6 Å². The van der Waals surface area contributed by atoms with Crippen molar-refractivity contribution in [2.75, 3.05) is 13.7 Å². The number of hydrogen-bond acceptors (Lipinski definition) is 6. The highest BCUT2D eigenvalue weighted by Crippen LogP contribution is 2.11. The van der Waals surface area contributed by atoms with Crippen molar-refractivity contribution < 1.29 is 19.4 Å². The monoisotopic (exact) mass is 372 g/mol. The highest BCUT2D eigenvalue weighted by atomic mass is 32.1. The summed E-state index contributed by atoms with van der Waals surface area (Å²) < 4.78 is 10.1. The highest BCUT2D eigenvalue weighted by Gasteiger charge is 1.97. The van der Waals surface area contributed by atoms with Gasteiger partial charge >= 0.3 is 0 Å². The van der Waals surface area contributed by atoms with E-state index in [4.69, 9.17) is 21.7 Å². The fraction of sp³-hybridized carbons (Fsp3) is 0.167. The van der Waals surface area contributed by atoms with Crippen LogP contribution in [-0.2, 0) is 11.3 Å². The predicted molar refractivity (Wildman–Crippen MR) is 100 cm³/mol. The van der Waals surface area contributed by atoms with Gasteiger partial charge in [0, 0.05) is 6.54 Å². The summed E-state index contributed by atoms with van der Waals surface area (Å²) in [6, 6.07) is 14.4. The number of nitrogens with zero attached hydrogens (tertiary/aromatic N) is 1. The molecule has 0 amide bonds. The van der Waals surface area contributed by atoms with Crippen molar-refractivity contribution in [3.8, 4) is 11.5 Å². The topological polar surface area (TPSA) is 95.0 Å². The molecule has 0 aliphatic carbocycles. The predicted octanol–water partition coefficient (Wildman–Crippen LogP) is 0.822. The van der Waals surface area contributed by atoms with E-state index in [-0.39, 0.29) is 0 Å². The second-order valence-electron chi connectivity index (χ2n) is 5.13. The lowest BCUT2D eigenvalue weighted by Gasteiger charge is -2.08. The van der Waals surface area contributed by atoms with Gasteiger partial charge in [0.25, 0.3) is 0 Å². The standard InChI is InChI=1S/C18H19N3O4S/c1-24-15-6-2-13(3-7-15)10-19-18(26)21-20-11-14-4-8-16(9-5-14)25-12-17(22)23/h2-9,11H,10,12H2,1H3,(H,22,23)(H2,19,21,26)/p-1/b20-11-. The molecule has 0 bridgehead atoms. The first-order valence-electron chi connectivity index (χ1n) is 7.69. The number of carbonyl (C=O) groups excluding carboxylic acids is 1. The van der Waals surface area contributed by atoms with Crippen LogP contribution >= 0.6 is 12.2 Å². The van der Waals surface area contributed by atoms with Gasteiger partial charge in [0.2, 0.25) is 0 Å². The number of thiocarbonyl (C=S) groups is 1. The number of rotatable bonds is 8. The summed E-state index contributed by atoms with van der Waals surface area (Å²) in [6.45, 7) is 0.0823. The van der Waals surface area contributed by atoms with Crippen LogP contribution in [0.1, 0.15) is 11.1 Å². The molecule has 0 radical (unpaired) electrons. The van der Waals surface area contributed by atoms with Crippen LogP contribution in [-0.4, -0.2) is 31.0 Å². The van der Waals surface area contributed by atoms with Gasteiger partial charge in [0.05, 0.1) is 19.3 Å². The number of nitrogens with one attached hydrogen (secondary N) is 2. The molecule has 0 saturated heterocycles. The molecule has 0 heterocycles. The summed E-state index contributed by atoms with van der Waals surface area (Å²) in [6.07, 6.45) is 1.59. The summed E-state index contributed by atoms with van der Waals surface area (Å²) in [7, 11) is 1.62. The van der Waals surface area contributed by atoms with Gasteiger partial charge in [-0.25, -0.2) is 0 Å². The van der Waals surface area contributed by atoms with E-state index in [2.05, 4.69) is 15.8 Å². The van der Waals surface area contributed by atoms with Crippen LogP contribution in [0.4, 0.5) is 0 Å². The third kappa shape index (κ3) is 6.78. The second kappa shape index (κ2) is 10.00. The Morgan fingerprint density at radius 1 is 1.15 bits per heavy atom. The molecule has 0 aliphatic rings. The number of benzene rings is 2. The number of ether oxygens (including phenoxy) is 2. The van der Waals surface area contributed by atoms with Crippen LogP contribution in [0.15, 0.2) is 53.6 Å². The molecule has 2 N–H and O–H groups in total. The lowest BCUT2D eigenvalue weighted by molar-refractivity contribution is -0.307. The minimum atomic E-state index is -1.27. The van der Waals surface area contributed by atoms with E-state index in [9.17, 15) is 9.90 Å². The minimum Gasteiger partial charge on any atom is -0.546 e. The number of methoxy groups -OCH3 is 1. The van der Waals surface area contributed by atoms with Gasteiger partial charge in [0.15, 0.2) is 5.11 Å². The van der Waals surface area contributed by atoms with Crippen LogP contribution in [0.25, 0.3) is 0 Å². The first-order valence-corrected chi connectivity index (χ1v) is 8.10. The molecule has 7 nitrogen and oxygen atoms in total. The third-order valence-electron chi connectivity index (χ3n) is 3.23. The molecule has 2 rings (SSSR count). The number of aliphatic carboxylic acids is 1. The maximum absolute atomic E-state index is 10.3. The number of carbonyl (C=O) groups is 1. The SMILES string of the molecule is COc1ccc(CNC(=S)N/N=C\c2ccc(OCC(=O)[O-])cc2)cc1. The van der Waals surface area contributed by atoms with Gasteiger partial charge in [0.1, 0.15) is 18.1 Å². The Hall–Kier alpha value is -3.13. The summed E-state index contributed by atoms with van der Waals surface area (Å²) in [4.78, 5) is 10.3. The molecule has 26 heavy (non-hydrogen) atoms. The van der Waals surface area contributed by atoms with Crippen molar-refractivity contribution in [2.24, 2.45) is 5.10 Å². The first-order chi connectivity index (χ1) is 12.6. The number of carboxylic acids is 1. The molecule has 0 spiro atoms. The molecule has 0 saturated carbocycles. The Morgan fingerprint density at radius 3 is 2.42 bits per heavy atom. The van der Waals surface area contributed by atoms with E-state index in [1.165, 1.54) is 0 Å². The van der Waals surface area contributed by atoms with Gasteiger partial charge in [-0.3, -0.25) is 5.43 Å². The van der Waals surface area contributed by atoms with Crippen molar-refractivity contribution in [3.05, 3.63) is 59.7 Å². The molecule has 136 valence electrons. The summed E-state index contributed by atoms with van der Waals surface area (Å²) in [5, 5.41) is 17.8. The van der Waals surface area contributed by atoms with Crippen molar-refractivity contribution in [3.63, 3.8) is 0 Å². The average molecular weight is 372 g/mol. The van der Waals surface area contributed by atoms with Crippen LogP contribution < -0.4 is 25.3 Å². The molecular weight excluding hydrogens is 354 g/mol. The number of hydrazone groups is 1. The fourth-order valence-electron chi connectivity index (χ4n) is 1.92. The second-order valence-corrected chi connectivity index (χ2v) is 5.54. The van der Waals surface area contributed by atoms with Crippen molar-refractivity contribution in [1.82, 2.24) is 10.7 Å². The van der Waals surface area contributed by atoms with Crippen molar-refractivity contribution >= 4 is 29.5 Å². The van der Waals surface area contributed by atoms with E-state index in [0.717, 1.165) is 16.9 Å². The lowest BCUT2D eigenvalue weighted by atomic mass is 10.2. The molecule has 0 aromatic heterocycles. The quantitative estimate of drug-likeness (QED) is 0.402. The number of hydrogen-bond donors (Lipinski definition) is 2. The zero-order valence-electron chi connectivity index (χ0n) is 14.1. The van der Waals surface area contributed by atoms with Gasteiger partial charge in [-0.15, -0.1) is 0 Å². The van der Waals surface area contributed by atoms with Gasteiger partial charge < -0.3 is 24.7 Å². The van der Waals surface area contributed by atoms with Crippen LogP contribution in [0.3, 0.4) is 0 Å². The minimum absolute atomic E-state index is 0.394. The lowest BCUT2D eigenvalue weighted by Crippen LogP contribution is -2.31. The van der Waals surface area contributed by atoms with Crippen molar-refractivity contribution in [2.45, 2.75) is 6.54 Å². The molecule has 0 fully saturated rings. The largest absolute Gasteiger partial charge is 0.546 e. The molecule has 0 unspecified atom stereocenters. The highest BCUT2D eigenvalue weighted by molar-refractivity contribution is 7.80. The maximum Gasteiger partial charge on any atom is 0.187 e. The van der Waals surface area contributed by atoms with E-state index in [0.29, 0.717) is 17.4 Å². The average Bonchev–Trinajstić information content (AvgIpc) is 2.66. The van der Waals surface area contributed by atoms with E-state index >= 15 is 0 Å². The summed E-state index contributed by atoms with van der Waals surface area (Å²) >= 11 is 5.15. The smallest absolute Gasteiger partial charge is 0.187 e. The van der Waals surface area contributed by atoms with Crippen LogP contribution in [0.5, 0.6) is 11.5 Å². The normalized spacial score (nSPS) is 10.3. The van der Waals surface area contributed by atoms with E-state index in [1.54, 1.807) is 37.6 Å².